The lowest BCUT2D eigenvalue weighted by Crippen LogP contribution is -2.35. The first-order chi connectivity index (χ1) is 9.24. The van der Waals surface area contributed by atoms with Crippen LogP contribution >= 0.6 is 0 Å². The molecule has 0 bridgehead atoms. The second kappa shape index (κ2) is 5.33. The van der Waals surface area contributed by atoms with E-state index in [1.54, 1.807) is 10.9 Å². The van der Waals surface area contributed by atoms with Gasteiger partial charge in [0, 0.05) is 32.1 Å². The van der Waals surface area contributed by atoms with E-state index >= 15 is 0 Å². The fraction of sp³-hybridized carbons (Fsp3) is 0.714. The molecule has 1 aromatic heterocycles. The van der Waals surface area contributed by atoms with Gasteiger partial charge in [0.15, 0.2) is 0 Å². The molecule has 1 aromatic rings. The summed E-state index contributed by atoms with van der Waals surface area (Å²) in [5, 5.41) is 4.13. The number of likely N-dealkylation sites (tertiary alicyclic amines) is 1. The standard InChI is InChI=1S/C14H21N3O2/c1-11(17-7-2-6-15-17)14(18)16-8-5-13(9-16)19-10-12-3-4-12/h2,6-7,11-13H,3-5,8-10H2,1H3/t11-,13-/m1/s1. The molecule has 104 valence electrons. The number of ether oxygens (including phenoxy) is 1. The lowest BCUT2D eigenvalue weighted by molar-refractivity contribution is -0.134. The molecular weight excluding hydrogens is 242 g/mol. The number of hydrogen-bond donors (Lipinski definition) is 0. The van der Waals surface area contributed by atoms with Crippen molar-refractivity contribution in [1.29, 1.82) is 0 Å². The highest BCUT2D eigenvalue weighted by molar-refractivity contribution is 5.80. The summed E-state index contributed by atoms with van der Waals surface area (Å²) < 4.78 is 7.57. The second-order valence-electron chi connectivity index (χ2n) is 5.63. The van der Waals surface area contributed by atoms with E-state index < -0.39 is 0 Å². The first-order valence-electron chi connectivity index (χ1n) is 7.13. The van der Waals surface area contributed by atoms with Gasteiger partial charge in [-0.15, -0.1) is 0 Å². The summed E-state index contributed by atoms with van der Waals surface area (Å²) in [7, 11) is 0. The zero-order valence-electron chi connectivity index (χ0n) is 11.4. The Hall–Kier alpha value is -1.36. The van der Waals surface area contributed by atoms with Crippen LogP contribution in [0.25, 0.3) is 0 Å². The highest BCUT2D eigenvalue weighted by Crippen LogP contribution is 2.30. The third kappa shape index (κ3) is 2.97. The van der Waals surface area contributed by atoms with Crippen LogP contribution in [0.2, 0.25) is 0 Å². The number of hydrogen-bond acceptors (Lipinski definition) is 3. The van der Waals surface area contributed by atoms with Crippen molar-refractivity contribution in [3.63, 3.8) is 0 Å². The first kappa shape index (κ1) is 12.7. The molecule has 1 aliphatic carbocycles. The van der Waals surface area contributed by atoms with E-state index in [0.717, 1.165) is 32.0 Å². The summed E-state index contributed by atoms with van der Waals surface area (Å²) in [6.45, 7) is 4.31. The number of nitrogens with zero attached hydrogens (tertiary/aromatic N) is 3. The fourth-order valence-electron chi connectivity index (χ4n) is 2.51. The van der Waals surface area contributed by atoms with Crippen LogP contribution in [-0.4, -0.2) is 46.4 Å². The van der Waals surface area contributed by atoms with Crippen molar-refractivity contribution in [2.75, 3.05) is 19.7 Å². The monoisotopic (exact) mass is 263 g/mol. The van der Waals surface area contributed by atoms with Crippen LogP contribution in [0.4, 0.5) is 0 Å². The van der Waals surface area contributed by atoms with Gasteiger partial charge in [-0.2, -0.15) is 5.10 Å². The summed E-state index contributed by atoms with van der Waals surface area (Å²) >= 11 is 0. The Morgan fingerprint density at radius 2 is 2.32 bits per heavy atom. The highest BCUT2D eigenvalue weighted by atomic mass is 16.5. The quantitative estimate of drug-likeness (QED) is 0.808. The number of rotatable bonds is 5. The summed E-state index contributed by atoms with van der Waals surface area (Å²) in [6, 6.07) is 1.62. The molecule has 0 N–H and O–H groups in total. The molecule has 5 heteroatoms. The van der Waals surface area contributed by atoms with Crippen LogP contribution in [0.1, 0.15) is 32.2 Å². The molecule has 1 aliphatic heterocycles. The van der Waals surface area contributed by atoms with Gasteiger partial charge in [0.1, 0.15) is 6.04 Å². The van der Waals surface area contributed by atoms with Gasteiger partial charge < -0.3 is 9.64 Å². The van der Waals surface area contributed by atoms with Gasteiger partial charge in [-0.3, -0.25) is 9.48 Å². The van der Waals surface area contributed by atoms with Crippen molar-refractivity contribution in [3.8, 4) is 0 Å². The Balaban J connectivity index is 1.50. The molecule has 2 heterocycles. The normalized spacial score (nSPS) is 24.7. The Labute approximate surface area is 113 Å². The van der Waals surface area contributed by atoms with Gasteiger partial charge in [0.25, 0.3) is 0 Å². The average molecular weight is 263 g/mol. The van der Waals surface area contributed by atoms with Gasteiger partial charge >= 0.3 is 0 Å². The third-order valence-electron chi connectivity index (χ3n) is 4.00. The van der Waals surface area contributed by atoms with Crippen molar-refractivity contribution >= 4 is 5.91 Å². The summed E-state index contributed by atoms with van der Waals surface area (Å²) in [5.74, 6) is 0.925. The van der Waals surface area contributed by atoms with Crippen LogP contribution < -0.4 is 0 Å². The van der Waals surface area contributed by atoms with Crippen LogP contribution in [-0.2, 0) is 9.53 Å². The molecule has 1 saturated carbocycles. The smallest absolute Gasteiger partial charge is 0.247 e. The third-order valence-corrected chi connectivity index (χ3v) is 4.00. The number of amides is 1. The molecule has 2 fully saturated rings. The van der Waals surface area contributed by atoms with E-state index in [9.17, 15) is 4.79 Å². The predicted molar refractivity (Wildman–Crippen MR) is 70.6 cm³/mol. The minimum absolute atomic E-state index is 0.140. The number of carbonyl (C=O) groups excluding carboxylic acids is 1. The first-order valence-corrected chi connectivity index (χ1v) is 7.13. The molecule has 0 spiro atoms. The maximum atomic E-state index is 12.3. The van der Waals surface area contributed by atoms with Crippen LogP contribution in [0.3, 0.4) is 0 Å². The van der Waals surface area contributed by atoms with E-state index in [0.29, 0.717) is 0 Å². The summed E-state index contributed by atoms with van der Waals surface area (Å²) in [6.07, 6.45) is 7.35. The van der Waals surface area contributed by atoms with Gasteiger partial charge in [0.2, 0.25) is 5.91 Å². The SMILES string of the molecule is C[C@H](C(=O)N1CC[C@@H](OCC2CC2)C1)n1cccn1. The Morgan fingerprint density at radius 1 is 1.47 bits per heavy atom. The second-order valence-corrected chi connectivity index (χ2v) is 5.63. The molecule has 2 aliphatic rings. The van der Waals surface area contributed by atoms with E-state index in [1.807, 2.05) is 24.1 Å². The molecule has 2 atom stereocenters. The lowest BCUT2D eigenvalue weighted by atomic mass is 10.3. The molecule has 3 rings (SSSR count). The van der Waals surface area contributed by atoms with Gasteiger partial charge in [-0.05, 0) is 38.2 Å². The maximum absolute atomic E-state index is 12.3. The Morgan fingerprint density at radius 3 is 3.00 bits per heavy atom. The van der Waals surface area contributed by atoms with Crippen LogP contribution in [0.5, 0.6) is 0 Å². The molecule has 0 aromatic carbocycles. The zero-order valence-corrected chi connectivity index (χ0v) is 11.4. The molecular formula is C14H21N3O2. The average Bonchev–Trinajstić information content (AvgIpc) is 2.94. The molecule has 0 unspecified atom stereocenters. The van der Waals surface area contributed by atoms with E-state index in [-0.39, 0.29) is 18.1 Å². The summed E-state index contributed by atoms with van der Waals surface area (Å²) in [4.78, 5) is 14.3. The Bertz CT molecular complexity index is 428. The van der Waals surface area contributed by atoms with Crippen molar-refractivity contribution in [3.05, 3.63) is 18.5 Å². The van der Waals surface area contributed by atoms with Crippen molar-refractivity contribution in [2.45, 2.75) is 38.3 Å². The highest BCUT2D eigenvalue weighted by Gasteiger charge is 2.31. The number of aromatic nitrogens is 2. The van der Waals surface area contributed by atoms with Gasteiger partial charge in [-0.1, -0.05) is 0 Å². The molecule has 0 radical (unpaired) electrons. The minimum atomic E-state index is -0.225. The molecule has 1 saturated heterocycles. The Kier molecular flexibility index (Phi) is 3.55. The van der Waals surface area contributed by atoms with Crippen LogP contribution in [0.15, 0.2) is 18.5 Å². The predicted octanol–water partition coefficient (Wildman–Crippen LogP) is 1.47. The maximum Gasteiger partial charge on any atom is 0.247 e. The fourth-order valence-corrected chi connectivity index (χ4v) is 2.51. The minimum Gasteiger partial charge on any atom is -0.376 e. The van der Waals surface area contributed by atoms with Gasteiger partial charge in [-0.25, -0.2) is 0 Å². The van der Waals surface area contributed by atoms with E-state index in [1.165, 1.54) is 12.8 Å². The molecule has 5 nitrogen and oxygen atoms in total. The van der Waals surface area contributed by atoms with E-state index in [2.05, 4.69) is 5.10 Å². The molecule has 19 heavy (non-hydrogen) atoms. The van der Waals surface area contributed by atoms with E-state index in [4.69, 9.17) is 4.74 Å². The van der Waals surface area contributed by atoms with Gasteiger partial charge in [0.05, 0.1) is 6.10 Å². The lowest BCUT2D eigenvalue weighted by Gasteiger charge is -2.21. The van der Waals surface area contributed by atoms with Crippen LogP contribution in [0, 0.1) is 5.92 Å². The summed E-state index contributed by atoms with van der Waals surface area (Å²) in [5.41, 5.74) is 0. The topological polar surface area (TPSA) is 47.4 Å². The molecule has 1 amide bonds. The van der Waals surface area contributed by atoms with Crippen molar-refractivity contribution in [2.24, 2.45) is 5.92 Å². The zero-order chi connectivity index (χ0) is 13.2. The number of carbonyl (C=O) groups is 1. The van der Waals surface area contributed by atoms with Crippen molar-refractivity contribution in [1.82, 2.24) is 14.7 Å². The van der Waals surface area contributed by atoms with Crippen molar-refractivity contribution < 1.29 is 9.53 Å². The largest absolute Gasteiger partial charge is 0.376 e.